The molecular formula is C22H29F2IN4O. The number of nitrogens with one attached hydrogen (secondary N) is 2. The summed E-state index contributed by atoms with van der Waals surface area (Å²) in [5, 5.41) is 6.57. The number of benzene rings is 2. The van der Waals surface area contributed by atoms with Crippen molar-refractivity contribution in [3.05, 3.63) is 70.8 Å². The van der Waals surface area contributed by atoms with Gasteiger partial charge in [0.15, 0.2) is 5.96 Å². The molecule has 0 amide bonds. The molecule has 0 aromatic heterocycles. The molecule has 0 aliphatic carbocycles. The summed E-state index contributed by atoms with van der Waals surface area (Å²) >= 11 is 0. The monoisotopic (exact) mass is 530 g/mol. The predicted octanol–water partition coefficient (Wildman–Crippen LogP) is 3.63. The van der Waals surface area contributed by atoms with Crippen molar-refractivity contribution in [2.24, 2.45) is 4.99 Å². The molecule has 5 nitrogen and oxygen atoms in total. The molecular weight excluding hydrogens is 501 g/mol. The number of aliphatic imine (C=N–C) groups is 1. The van der Waals surface area contributed by atoms with Crippen molar-refractivity contribution in [3.63, 3.8) is 0 Å². The van der Waals surface area contributed by atoms with E-state index in [0.717, 1.165) is 24.2 Å². The van der Waals surface area contributed by atoms with Gasteiger partial charge in [0.25, 0.3) is 0 Å². The Morgan fingerprint density at radius 2 is 1.80 bits per heavy atom. The van der Waals surface area contributed by atoms with Crippen LogP contribution in [-0.2, 0) is 11.3 Å². The molecule has 1 saturated heterocycles. The van der Waals surface area contributed by atoms with Gasteiger partial charge in [0.2, 0.25) is 0 Å². The molecule has 0 bridgehead atoms. The Kier molecular flexibility index (Phi) is 9.93. The first-order chi connectivity index (χ1) is 14.1. The van der Waals surface area contributed by atoms with Crippen LogP contribution in [0.1, 0.15) is 22.7 Å². The molecule has 0 saturated carbocycles. The molecule has 164 valence electrons. The lowest BCUT2D eigenvalue weighted by atomic mass is 10.0. The highest BCUT2D eigenvalue weighted by Gasteiger charge is 2.23. The van der Waals surface area contributed by atoms with E-state index in [2.05, 4.69) is 20.5 Å². The van der Waals surface area contributed by atoms with Crippen LogP contribution >= 0.6 is 24.0 Å². The average molecular weight is 530 g/mol. The van der Waals surface area contributed by atoms with Crippen molar-refractivity contribution in [3.8, 4) is 0 Å². The minimum Gasteiger partial charge on any atom is -0.379 e. The summed E-state index contributed by atoms with van der Waals surface area (Å²) in [5.74, 6) is 0.174. The van der Waals surface area contributed by atoms with Crippen molar-refractivity contribution < 1.29 is 13.5 Å². The van der Waals surface area contributed by atoms with Gasteiger partial charge in [0.05, 0.1) is 19.3 Å². The number of nitrogens with zero attached hydrogens (tertiary/aromatic N) is 2. The molecule has 0 spiro atoms. The summed E-state index contributed by atoms with van der Waals surface area (Å²) < 4.78 is 32.6. The minimum absolute atomic E-state index is 0. The molecule has 2 aromatic carbocycles. The maximum absolute atomic E-state index is 13.7. The highest BCUT2D eigenvalue weighted by molar-refractivity contribution is 14.0. The van der Waals surface area contributed by atoms with Crippen LogP contribution in [0.25, 0.3) is 0 Å². The zero-order chi connectivity index (χ0) is 20.6. The fraction of sp³-hybridized carbons (Fsp3) is 0.409. The van der Waals surface area contributed by atoms with Crippen molar-refractivity contribution >= 4 is 29.9 Å². The number of hydrogen-bond donors (Lipinski definition) is 2. The van der Waals surface area contributed by atoms with E-state index in [4.69, 9.17) is 4.74 Å². The molecule has 1 aliphatic rings. The molecule has 3 rings (SSSR count). The van der Waals surface area contributed by atoms with E-state index in [1.165, 1.54) is 18.2 Å². The summed E-state index contributed by atoms with van der Waals surface area (Å²) in [6, 6.07) is 11.9. The highest BCUT2D eigenvalue weighted by Crippen LogP contribution is 2.21. The van der Waals surface area contributed by atoms with Gasteiger partial charge in [-0.1, -0.05) is 24.3 Å². The van der Waals surface area contributed by atoms with E-state index in [-0.39, 0.29) is 41.7 Å². The standard InChI is InChI=1S/C22H28F2N4O.HI/c1-16-3-4-17(13-20(16)24)14-26-22(25-2)27-15-21(28-9-11-29-12-10-28)18-5-7-19(23)8-6-18;/h3-8,13,21H,9-12,14-15H2,1-2H3,(H2,25,26,27);1H. The maximum Gasteiger partial charge on any atom is 0.191 e. The Bertz CT molecular complexity index is 826. The average Bonchev–Trinajstić information content (AvgIpc) is 2.75. The molecule has 1 aliphatic heterocycles. The summed E-state index contributed by atoms with van der Waals surface area (Å²) in [5.41, 5.74) is 2.51. The van der Waals surface area contributed by atoms with Crippen LogP contribution in [-0.4, -0.2) is 50.8 Å². The minimum atomic E-state index is -0.245. The van der Waals surface area contributed by atoms with E-state index in [1.807, 2.05) is 18.2 Å². The lowest BCUT2D eigenvalue weighted by Gasteiger charge is -2.35. The topological polar surface area (TPSA) is 48.9 Å². The second-order valence-corrected chi connectivity index (χ2v) is 7.11. The maximum atomic E-state index is 13.7. The lowest BCUT2D eigenvalue weighted by Crippen LogP contribution is -2.46. The van der Waals surface area contributed by atoms with Crippen LogP contribution in [0.4, 0.5) is 8.78 Å². The third kappa shape index (κ3) is 6.88. The Labute approximate surface area is 193 Å². The van der Waals surface area contributed by atoms with Crippen LogP contribution in [0.15, 0.2) is 47.5 Å². The van der Waals surface area contributed by atoms with E-state index in [1.54, 1.807) is 20.0 Å². The first-order valence-electron chi connectivity index (χ1n) is 9.83. The molecule has 8 heteroatoms. The first-order valence-corrected chi connectivity index (χ1v) is 9.83. The van der Waals surface area contributed by atoms with Crippen LogP contribution in [0.3, 0.4) is 0 Å². The fourth-order valence-corrected chi connectivity index (χ4v) is 3.38. The quantitative estimate of drug-likeness (QED) is 0.341. The Hall–Kier alpha value is -1.78. The van der Waals surface area contributed by atoms with Crippen molar-refractivity contribution in [1.82, 2.24) is 15.5 Å². The SMILES string of the molecule is CN=C(NCc1ccc(C)c(F)c1)NCC(c1ccc(F)cc1)N1CCOCC1.I. The lowest BCUT2D eigenvalue weighted by molar-refractivity contribution is 0.0170. The van der Waals surface area contributed by atoms with Gasteiger partial charge in [0, 0.05) is 33.2 Å². The van der Waals surface area contributed by atoms with Gasteiger partial charge in [0.1, 0.15) is 11.6 Å². The zero-order valence-electron chi connectivity index (χ0n) is 17.3. The summed E-state index contributed by atoms with van der Waals surface area (Å²) in [6.07, 6.45) is 0. The first kappa shape index (κ1) is 24.5. The second kappa shape index (κ2) is 12.2. The van der Waals surface area contributed by atoms with Crippen LogP contribution in [0, 0.1) is 18.6 Å². The second-order valence-electron chi connectivity index (χ2n) is 7.11. The van der Waals surface area contributed by atoms with Crippen LogP contribution in [0.5, 0.6) is 0 Å². The van der Waals surface area contributed by atoms with Gasteiger partial charge in [-0.25, -0.2) is 8.78 Å². The molecule has 2 aromatic rings. The van der Waals surface area contributed by atoms with Gasteiger partial charge in [-0.05, 0) is 41.8 Å². The third-order valence-electron chi connectivity index (χ3n) is 5.12. The molecule has 1 heterocycles. The van der Waals surface area contributed by atoms with Gasteiger partial charge in [-0.2, -0.15) is 0 Å². The van der Waals surface area contributed by atoms with E-state index >= 15 is 0 Å². The normalized spacial score (nSPS) is 15.9. The van der Waals surface area contributed by atoms with E-state index < -0.39 is 0 Å². The summed E-state index contributed by atoms with van der Waals surface area (Å²) in [6.45, 7) is 5.82. The molecule has 1 fully saturated rings. The van der Waals surface area contributed by atoms with Crippen LogP contribution in [0.2, 0.25) is 0 Å². The number of morpholine rings is 1. The molecule has 2 N–H and O–H groups in total. The zero-order valence-corrected chi connectivity index (χ0v) is 19.7. The third-order valence-corrected chi connectivity index (χ3v) is 5.12. The van der Waals surface area contributed by atoms with E-state index in [0.29, 0.717) is 37.8 Å². The molecule has 30 heavy (non-hydrogen) atoms. The number of ether oxygens (including phenoxy) is 1. The van der Waals surface area contributed by atoms with Crippen molar-refractivity contribution in [1.29, 1.82) is 0 Å². The number of aryl methyl sites for hydroxylation is 1. The van der Waals surface area contributed by atoms with Crippen molar-refractivity contribution in [2.75, 3.05) is 39.9 Å². The van der Waals surface area contributed by atoms with Gasteiger partial charge in [-0.3, -0.25) is 9.89 Å². The fourth-order valence-electron chi connectivity index (χ4n) is 3.38. The van der Waals surface area contributed by atoms with Gasteiger partial charge >= 0.3 is 0 Å². The Morgan fingerprint density at radius 1 is 1.10 bits per heavy atom. The van der Waals surface area contributed by atoms with Gasteiger partial charge in [-0.15, -0.1) is 24.0 Å². The number of halogens is 3. The largest absolute Gasteiger partial charge is 0.379 e. The van der Waals surface area contributed by atoms with E-state index in [9.17, 15) is 8.78 Å². The Balaban J connectivity index is 0.00000320. The smallest absolute Gasteiger partial charge is 0.191 e. The van der Waals surface area contributed by atoms with Gasteiger partial charge < -0.3 is 15.4 Å². The highest BCUT2D eigenvalue weighted by atomic mass is 127. The molecule has 1 unspecified atom stereocenters. The molecule has 0 radical (unpaired) electrons. The van der Waals surface area contributed by atoms with Crippen LogP contribution < -0.4 is 10.6 Å². The van der Waals surface area contributed by atoms with Crippen molar-refractivity contribution in [2.45, 2.75) is 19.5 Å². The Morgan fingerprint density at radius 3 is 2.43 bits per heavy atom. The number of hydrogen-bond acceptors (Lipinski definition) is 3. The summed E-state index contributed by atoms with van der Waals surface area (Å²) in [4.78, 5) is 6.59. The summed E-state index contributed by atoms with van der Waals surface area (Å²) in [7, 11) is 1.70. The predicted molar refractivity (Wildman–Crippen MR) is 126 cm³/mol. The molecule has 1 atom stereocenters. The number of guanidine groups is 1. The number of rotatable bonds is 6.